The van der Waals surface area contributed by atoms with Gasteiger partial charge in [-0.2, -0.15) is 0 Å². The Morgan fingerprint density at radius 2 is 1.91 bits per heavy atom. The van der Waals surface area contributed by atoms with Gasteiger partial charge < -0.3 is 9.94 Å². The number of carbonyl (C=O) groups is 1. The number of nitrogens with one attached hydrogen (secondary N) is 1. The van der Waals surface area contributed by atoms with Crippen molar-refractivity contribution in [3.05, 3.63) is 68.3 Å². The van der Waals surface area contributed by atoms with Crippen molar-refractivity contribution in [2.75, 3.05) is 11.3 Å². The van der Waals surface area contributed by atoms with E-state index in [1.165, 1.54) is 6.07 Å². The molecule has 1 aliphatic rings. The van der Waals surface area contributed by atoms with E-state index in [9.17, 15) is 28.4 Å². The van der Waals surface area contributed by atoms with Crippen LogP contribution in [0.15, 0.2) is 35.2 Å². The van der Waals surface area contributed by atoms with Crippen LogP contribution in [0.5, 0.6) is 0 Å². The molecule has 0 saturated heterocycles. The number of carboxylic acids is 1. The van der Waals surface area contributed by atoms with Gasteiger partial charge in [0.15, 0.2) is 0 Å². The molecule has 0 heterocycles. The molecule has 172 valence electrons. The number of nitrogens with zero attached hydrogens (tertiary/aromatic N) is 1. The molecule has 10 heteroatoms. The molecule has 0 aromatic heterocycles. The van der Waals surface area contributed by atoms with E-state index >= 15 is 0 Å². The summed E-state index contributed by atoms with van der Waals surface area (Å²) >= 11 is 0. The molecule has 32 heavy (non-hydrogen) atoms. The lowest BCUT2D eigenvalue weighted by molar-refractivity contribution is -0.757. The highest BCUT2D eigenvalue weighted by Gasteiger charge is 2.24. The largest absolute Gasteiger partial charge is 0.481 e. The van der Waals surface area contributed by atoms with Crippen LogP contribution in [0.25, 0.3) is 0 Å². The van der Waals surface area contributed by atoms with Crippen LogP contribution >= 0.6 is 0 Å². The second-order valence-electron chi connectivity index (χ2n) is 7.80. The molecular formula is C22H26N2O7S. The summed E-state index contributed by atoms with van der Waals surface area (Å²) < 4.78 is 29.0. The predicted molar refractivity (Wildman–Crippen MR) is 118 cm³/mol. The van der Waals surface area contributed by atoms with Crippen LogP contribution in [0.3, 0.4) is 0 Å². The highest BCUT2D eigenvalue weighted by Crippen LogP contribution is 2.35. The first-order valence-corrected chi connectivity index (χ1v) is 11.9. The number of sulfonamides is 1. The van der Waals surface area contributed by atoms with Gasteiger partial charge in [0.25, 0.3) is 15.1 Å². The van der Waals surface area contributed by atoms with E-state index in [1.807, 2.05) is 0 Å². The number of carboxylic acid groups (broad SMARTS) is 1. The van der Waals surface area contributed by atoms with Crippen molar-refractivity contribution in [1.29, 1.82) is 0 Å². The summed E-state index contributed by atoms with van der Waals surface area (Å²) in [6, 6.07) is 8.38. The van der Waals surface area contributed by atoms with Gasteiger partial charge in [0.1, 0.15) is 6.61 Å². The summed E-state index contributed by atoms with van der Waals surface area (Å²) in [4.78, 5) is 26.5. The van der Waals surface area contributed by atoms with Crippen molar-refractivity contribution >= 4 is 21.7 Å². The molecule has 2 aromatic rings. The Balaban J connectivity index is 2.09. The molecule has 0 bridgehead atoms. The fraction of sp³-hybridized carbons (Fsp3) is 0.409. The molecule has 9 nitrogen and oxygen atoms in total. The van der Waals surface area contributed by atoms with E-state index in [0.29, 0.717) is 16.8 Å². The minimum Gasteiger partial charge on any atom is -0.481 e. The van der Waals surface area contributed by atoms with Crippen LogP contribution < -0.4 is 4.72 Å². The lowest BCUT2D eigenvalue weighted by Gasteiger charge is -2.26. The van der Waals surface area contributed by atoms with Gasteiger partial charge in [0.05, 0.1) is 10.6 Å². The summed E-state index contributed by atoms with van der Waals surface area (Å²) in [6.07, 6.45) is 3.60. The number of aliphatic carboxylic acids is 1. The maximum Gasteiger partial charge on any atom is 0.303 e. The average molecular weight is 463 g/mol. The molecular weight excluding hydrogens is 436 g/mol. The third-order valence-corrected chi connectivity index (χ3v) is 7.17. The Morgan fingerprint density at radius 1 is 1.19 bits per heavy atom. The van der Waals surface area contributed by atoms with Crippen LogP contribution in [0.2, 0.25) is 0 Å². The fourth-order valence-electron chi connectivity index (χ4n) is 4.23. The maximum atomic E-state index is 13.2. The van der Waals surface area contributed by atoms with Crippen molar-refractivity contribution in [1.82, 2.24) is 0 Å². The van der Waals surface area contributed by atoms with E-state index in [-0.39, 0.29) is 30.8 Å². The lowest BCUT2D eigenvalue weighted by Crippen LogP contribution is -2.20. The molecule has 0 amide bonds. The van der Waals surface area contributed by atoms with Gasteiger partial charge in [0.2, 0.25) is 0 Å². The van der Waals surface area contributed by atoms with E-state index in [2.05, 4.69) is 9.56 Å². The average Bonchev–Trinajstić information content (AvgIpc) is 2.72. The Kier molecular flexibility index (Phi) is 7.34. The molecule has 0 radical (unpaired) electrons. The van der Waals surface area contributed by atoms with Gasteiger partial charge >= 0.3 is 5.97 Å². The summed E-state index contributed by atoms with van der Waals surface area (Å²) in [7, 11) is -3.92. The quantitative estimate of drug-likeness (QED) is 0.408. The molecule has 0 fully saturated rings. The monoisotopic (exact) mass is 462 g/mol. The van der Waals surface area contributed by atoms with Gasteiger partial charge in [-0.05, 0) is 85.4 Å². The topological polar surface area (TPSA) is 136 Å². The number of hydrogen-bond acceptors (Lipinski definition) is 6. The van der Waals surface area contributed by atoms with Crippen molar-refractivity contribution in [2.24, 2.45) is 0 Å². The highest BCUT2D eigenvalue weighted by atomic mass is 32.2. The van der Waals surface area contributed by atoms with Crippen molar-refractivity contribution in [2.45, 2.75) is 56.8 Å². The van der Waals surface area contributed by atoms with E-state index in [0.717, 1.165) is 42.4 Å². The molecule has 3 rings (SSSR count). The van der Waals surface area contributed by atoms with Crippen LogP contribution in [-0.2, 0) is 45.3 Å². The van der Waals surface area contributed by atoms with E-state index in [1.54, 1.807) is 31.2 Å². The van der Waals surface area contributed by atoms with Crippen molar-refractivity contribution in [3.8, 4) is 0 Å². The number of benzene rings is 2. The van der Waals surface area contributed by atoms with Crippen molar-refractivity contribution in [3.63, 3.8) is 0 Å². The minimum atomic E-state index is -3.92. The fourth-order valence-corrected chi connectivity index (χ4v) is 5.56. The maximum absolute atomic E-state index is 13.2. The first kappa shape index (κ1) is 23.5. The minimum absolute atomic E-state index is 0.0782. The number of anilines is 1. The van der Waals surface area contributed by atoms with Gasteiger partial charge in [-0.3, -0.25) is 9.52 Å². The number of aryl methyl sites for hydroxylation is 2. The zero-order valence-electron chi connectivity index (χ0n) is 17.8. The number of rotatable bonds is 10. The van der Waals surface area contributed by atoms with Gasteiger partial charge in [0, 0.05) is 6.42 Å². The highest BCUT2D eigenvalue weighted by molar-refractivity contribution is 7.92. The molecule has 1 aliphatic carbocycles. The van der Waals surface area contributed by atoms with Crippen LogP contribution in [0.1, 0.15) is 47.1 Å². The third kappa shape index (κ3) is 5.56. The summed E-state index contributed by atoms with van der Waals surface area (Å²) in [5.74, 6) is -0.965. The second kappa shape index (κ2) is 9.99. The Labute approximate surface area is 186 Å². The summed E-state index contributed by atoms with van der Waals surface area (Å²) in [5.41, 5.74) is 4.21. The van der Waals surface area contributed by atoms with Crippen molar-refractivity contribution < 1.29 is 28.2 Å². The van der Waals surface area contributed by atoms with Crippen LogP contribution in [0.4, 0.5) is 5.69 Å². The third-order valence-electron chi connectivity index (χ3n) is 5.65. The van der Waals surface area contributed by atoms with Crippen LogP contribution in [0, 0.1) is 17.0 Å². The Morgan fingerprint density at radius 3 is 2.59 bits per heavy atom. The Hall–Kier alpha value is -3.14. The van der Waals surface area contributed by atoms with Crippen LogP contribution in [-0.4, -0.2) is 31.2 Å². The summed E-state index contributed by atoms with van der Waals surface area (Å²) in [5, 5.41) is 19.0. The number of fused-ring (bicyclic) bond motifs is 1. The zero-order chi connectivity index (χ0) is 23.3. The molecule has 0 spiro atoms. The first-order chi connectivity index (χ1) is 15.2. The second-order valence-corrected chi connectivity index (χ2v) is 9.45. The molecule has 0 unspecified atom stereocenters. The molecule has 0 atom stereocenters. The normalized spacial score (nSPS) is 13.3. The molecule has 0 saturated carbocycles. The Bertz CT molecular complexity index is 1130. The number of hydrogen-bond donors (Lipinski definition) is 2. The first-order valence-electron chi connectivity index (χ1n) is 10.4. The van der Waals surface area contributed by atoms with Gasteiger partial charge in [-0.25, -0.2) is 8.42 Å². The molecule has 0 aliphatic heterocycles. The van der Waals surface area contributed by atoms with E-state index < -0.39 is 21.1 Å². The zero-order valence-corrected chi connectivity index (χ0v) is 18.6. The summed E-state index contributed by atoms with van der Waals surface area (Å²) in [6.45, 7) is 1.44. The lowest BCUT2D eigenvalue weighted by atomic mass is 9.83. The smallest absolute Gasteiger partial charge is 0.303 e. The molecule has 2 aromatic carbocycles. The standard InChI is InChI=1S/C22H26N2O7S/c1-15-6-2-5-9-21(15)32(29,30)23-20-14-16-7-3-4-8-17(16)18(10-11-22(25)26)19(20)12-13-31-24(27)28/h2,5-6,9,14,23H,3-4,7-8,10-13H2,1H3,(H,25,26). The SMILES string of the molecule is Cc1ccccc1S(=O)(=O)Nc1cc2c(c(CCC(=O)O)c1CCO[N+](=O)[O-])CCCC2. The van der Waals surface area contributed by atoms with Gasteiger partial charge in [-0.1, -0.05) is 18.2 Å². The van der Waals surface area contributed by atoms with Gasteiger partial charge in [-0.15, -0.1) is 10.1 Å². The predicted octanol–water partition coefficient (Wildman–Crippen LogP) is 3.44. The molecule has 2 N–H and O–H groups in total. The van der Waals surface area contributed by atoms with E-state index in [4.69, 9.17) is 0 Å².